The maximum Gasteiger partial charge on any atom is 0.372 e. The molecule has 1 aliphatic heterocycles. The van der Waals surface area contributed by atoms with Crippen molar-refractivity contribution in [3.8, 4) is 5.75 Å². The lowest BCUT2D eigenvalue weighted by molar-refractivity contribution is -0.203. The molecule has 1 heterocycles. The Kier molecular flexibility index (Phi) is 6.98. The van der Waals surface area contributed by atoms with Crippen LogP contribution in [-0.2, 0) is 28.7 Å². The number of hydrogen-bond acceptors (Lipinski definition) is 9. The van der Waals surface area contributed by atoms with Gasteiger partial charge in [-0.25, -0.2) is 9.59 Å². The zero-order chi connectivity index (χ0) is 20.9. The van der Waals surface area contributed by atoms with E-state index in [1.54, 1.807) is 24.3 Å². The molecule has 1 N–H and O–H groups in total. The van der Waals surface area contributed by atoms with Gasteiger partial charge >= 0.3 is 17.7 Å². The molecule has 1 aromatic carbocycles. The highest BCUT2D eigenvalue weighted by Crippen LogP contribution is 2.40. The van der Waals surface area contributed by atoms with E-state index in [-0.39, 0.29) is 18.2 Å². The summed E-state index contributed by atoms with van der Waals surface area (Å²) >= 11 is 1.30. The van der Waals surface area contributed by atoms with Crippen molar-refractivity contribution in [1.82, 2.24) is 4.90 Å². The molecule has 0 aliphatic carbocycles. The Hall–Kier alpha value is -2.65. The van der Waals surface area contributed by atoms with Crippen LogP contribution in [0.2, 0.25) is 0 Å². The summed E-state index contributed by atoms with van der Waals surface area (Å²) in [5, 5.41) is 9.90. The second-order valence-electron chi connectivity index (χ2n) is 5.77. The fourth-order valence-electron chi connectivity index (χ4n) is 2.61. The standard InChI is InChI=1S/C18H19NO8S/c1-11(21)27-14-6-4-12(5-7-14)16-19(15(22)10-28-16)8-13(9-20)18(24,26-3)17(23)25-2/h4-7,16,24H,8,10H2,1-3H3. The zero-order valence-electron chi connectivity index (χ0n) is 15.5. The van der Waals surface area contributed by atoms with Gasteiger partial charge in [-0.3, -0.25) is 9.59 Å². The van der Waals surface area contributed by atoms with Gasteiger partial charge in [0.1, 0.15) is 22.6 Å². The topological polar surface area (TPSA) is 119 Å². The molecule has 1 saturated heterocycles. The first-order chi connectivity index (χ1) is 13.3. The van der Waals surface area contributed by atoms with Crippen LogP contribution in [0.1, 0.15) is 17.9 Å². The summed E-state index contributed by atoms with van der Waals surface area (Å²) < 4.78 is 14.2. The van der Waals surface area contributed by atoms with E-state index in [4.69, 9.17) is 9.47 Å². The summed E-state index contributed by atoms with van der Waals surface area (Å²) in [7, 11) is 2.05. The maximum absolute atomic E-state index is 12.3. The van der Waals surface area contributed by atoms with Gasteiger partial charge in [-0.15, -0.1) is 11.8 Å². The van der Waals surface area contributed by atoms with Crippen LogP contribution in [-0.4, -0.2) is 66.1 Å². The van der Waals surface area contributed by atoms with Crippen LogP contribution in [0.4, 0.5) is 0 Å². The van der Waals surface area contributed by atoms with E-state index in [0.717, 1.165) is 14.2 Å². The summed E-state index contributed by atoms with van der Waals surface area (Å²) in [6.45, 7) is 0.901. The van der Waals surface area contributed by atoms with Gasteiger partial charge in [0.25, 0.3) is 0 Å². The highest BCUT2D eigenvalue weighted by atomic mass is 32.2. The van der Waals surface area contributed by atoms with Gasteiger partial charge < -0.3 is 24.2 Å². The molecule has 2 rings (SSSR count). The molecule has 28 heavy (non-hydrogen) atoms. The van der Waals surface area contributed by atoms with Gasteiger partial charge in [-0.2, -0.15) is 0 Å². The van der Waals surface area contributed by atoms with E-state index in [0.29, 0.717) is 11.3 Å². The molecular formula is C18H19NO8S. The molecule has 0 radical (unpaired) electrons. The van der Waals surface area contributed by atoms with Crippen LogP contribution in [0, 0.1) is 0 Å². The molecule has 1 amide bonds. The van der Waals surface area contributed by atoms with Crippen molar-refractivity contribution in [3.05, 3.63) is 35.4 Å². The van der Waals surface area contributed by atoms with Crippen molar-refractivity contribution in [2.75, 3.05) is 26.5 Å². The molecule has 1 fully saturated rings. The molecule has 2 unspecified atom stereocenters. The largest absolute Gasteiger partial charge is 0.465 e. The van der Waals surface area contributed by atoms with E-state index < -0.39 is 28.7 Å². The molecule has 2 atom stereocenters. The van der Waals surface area contributed by atoms with Crippen molar-refractivity contribution in [2.24, 2.45) is 0 Å². The minimum atomic E-state index is -2.65. The highest BCUT2D eigenvalue weighted by molar-refractivity contribution is 8.00. The van der Waals surface area contributed by atoms with Crippen molar-refractivity contribution in [2.45, 2.75) is 18.1 Å². The number of benzene rings is 1. The molecule has 1 aromatic rings. The number of carbonyl (C=O) groups is 3. The Morgan fingerprint density at radius 2 is 1.96 bits per heavy atom. The lowest BCUT2D eigenvalue weighted by atomic mass is 10.1. The molecule has 0 spiro atoms. The number of aliphatic hydroxyl groups is 1. The minimum absolute atomic E-state index is 0.145. The van der Waals surface area contributed by atoms with E-state index in [1.807, 2.05) is 0 Å². The van der Waals surface area contributed by atoms with Crippen LogP contribution < -0.4 is 4.74 Å². The van der Waals surface area contributed by atoms with Crippen molar-refractivity contribution in [1.29, 1.82) is 0 Å². The predicted octanol–water partition coefficient (Wildman–Crippen LogP) is 0.452. The molecule has 0 aromatic heterocycles. The summed E-state index contributed by atoms with van der Waals surface area (Å²) in [5.41, 5.74) is 0.218. The molecule has 0 saturated carbocycles. The monoisotopic (exact) mass is 409 g/mol. The SMILES string of the molecule is COC(=O)C(O)(OC)C(=C=O)CN1C(=O)CSC1c1ccc(OC(C)=O)cc1. The van der Waals surface area contributed by atoms with Gasteiger partial charge in [0.05, 0.1) is 19.4 Å². The number of carbonyl (C=O) groups excluding carboxylic acids is 4. The fraction of sp³-hybridized carbons (Fsp3) is 0.389. The summed E-state index contributed by atoms with van der Waals surface area (Å²) in [6, 6.07) is 6.51. The van der Waals surface area contributed by atoms with E-state index in [9.17, 15) is 24.3 Å². The van der Waals surface area contributed by atoms with Crippen molar-refractivity contribution < 1.29 is 38.5 Å². The number of rotatable bonds is 7. The number of hydrogen-bond donors (Lipinski definition) is 1. The first kappa shape index (κ1) is 21.6. The summed E-state index contributed by atoms with van der Waals surface area (Å²) in [5.74, 6) is -2.61. The third-order valence-electron chi connectivity index (χ3n) is 4.01. The van der Waals surface area contributed by atoms with Crippen molar-refractivity contribution >= 4 is 35.5 Å². The van der Waals surface area contributed by atoms with Crippen molar-refractivity contribution in [3.63, 3.8) is 0 Å². The quantitative estimate of drug-likeness (QED) is 0.296. The lowest BCUT2D eigenvalue weighted by Gasteiger charge is -2.29. The van der Waals surface area contributed by atoms with Gasteiger partial charge in [-0.05, 0) is 17.7 Å². The molecule has 10 heteroatoms. The van der Waals surface area contributed by atoms with Gasteiger partial charge in [0, 0.05) is 14.0 Å². The molecule has 9 nitrogen and oxygen atoms in total. The first-order valence-electron chi connectivity index (χ1n) is 8.06. The predicted molar refractivity (Wildman–Crippen MR) is 97.8 cm³/mol. The van der Waals surface area contributed by atoms with Crippen LogP contribution in [0.25, 0.3) is 0 Å². The minimum Gasteiger partial charge on any atom is -0.465 e. The second kappa shape index (κ2) is 9.03. The Bertz CT molecular complexity index is 817. The number of esters is 2. The van der Waals surface area contributed by atoms with Gasteiger partial charge in [-0.1, -0.05) is 12.1 Å². The van der Waals surface area contributed by atoms with Crippen LogP contribution in [0.3, 0.4) is 0 Å². The Balaban J connectivity index is 2.27. The van der Waals surface area contributed by atoms with Gasteiger partial charge in [0.15, 0.2) is 0 Å². The summed E-state index contributed by atoms with van der Waals surface area (Å²) in [6.07, 6.45) is 0. The summed E-state index contributed by atoms with van der Waals surface area (Å²) in [4.78, 5) is 47.9. The Morgan fingerprint density at radius 1 is 1.32 bits per heavy atom. The average Bonchev–Trinajstić information content (AvgIpc) is 3.05. The van der Waals surface area contributed by atoms with E-state index in [2.05, 4.69) is 4.74 Å². The smallest absolute Gasteiger partial charge is 0.372 e. The number of thioether (sulfide) groups is 1. The number of amides is 1. The lowest BCUT2D eigenvalue weighted by Crippen LogP contribution is -2.47. The third-order valence-corrected chi connectivity index (χ3v) is 5.27. The molecule has 0 bridgehead atoms. The average molecular weight is 409 g/mol. The Morgan fingerprint density at radius 3 is 2.46 bits per heavy atom. The number of nitrogens with zero attached hydrogens (tertiary/aromatic N) is 1. The molecule has 150 valence electrons. The van der Waals surface area contributed by atoms with Crippen LogP contribution >= 0.6 is 11.8 Å². The molecular weight excluding hydrogens is 390 g/mol. The maximum atomic E-state index is 12.3. The van der Waals surface area contributed by atoms with E-state index >= 15 is 0 Å². The van der Waals surface area contributed by atoms with Crippen LogP contribution in [0.5, 0.6) is 5.75 Å². The van der Waals surface area contributed by atoms with Gasteiger partial charge in [0.2, 0.25) is 5.91 Å². The third kappa shape index (κ3) is 4.42. The number of ether oxygens (including phenoxy) is 3. The van der Waals surface area contributed by atoms with E-state index in [1.165, 1.54) is 29.5 Å². The fourth-order valence-corrected chi connectivity index (χ4v) is 3.80. The second-order valence-corrected chi connectivity index (χ2v) is 6.84. The number of methoxy groups -OCH3 is 2. The van der Waals surface area contributed by atoms with Crippen LogP contribution in [0.15, 0.2) is 29.8 Å². The molecule has 1 aliphatic rings. The normalized spacial score (nSPS) is 18.2. The first-order valence-corrected chi connectivity index (χ1v) is 9.11. The Labute approximate surface area is 165 Å². The zero-order valence-corrected chi connectivity index (χ0v) is 16.3. The highest BCUT2D eigenvalue weighted by Gasteiger charge is 2.46.